The van der Waals surface area contributed by atoms with Crippen LogP contribution in [0.5, 0.6) is 0 Å². The molecule has 24 heavy (non-hydrogen) atoms. The van der Waals surface area contributed by atoms with Crippen LogP contribution in [0, 0.1) is 16.7 Å². The first-order valence-electron chi connectivity index (χ1n) is 8.79. The molecule has 1 aromatic rings. The molecule has 1 aliphatic carbocycles. The van der Waals surface area contributed by atoms with Gasteiger partial charge in [-0.1, -0.05) is 58.0 Å². The van der Waals surface area contributed by atoms with Gasteiger partial charge in [-0.25, -0.2) is 4.79 Å². The highest BCUT2D eigenvalue weighted by Crippen LogP contribution is 2.67. The zero-order valence-electron chi connectivity index (χ0n) is 16.3. The summed E-state index contributed by atoms with van der Waals surface area (Å²) in [5, 5.41) is 3.15. The van der Waals surface area contributed by atoms with Crippen molar-refractivity contribution in [1.29, 1.82) is 0 Å². The molecule has 2 rings (SSSR count). The summed E-state index contributed by atoms with van der Waals surface area (Å²) in [5.41, 5.74) is 1.75. The quantitative estimate of drug-likeness (QED) is 0.864. The molecule has 1 saturated carbocycles. The van der Waals surface area contributed by atoms with Gasteiger partial charge in [-0.05, 0) is 36.4 Å². The predicted octanol–water partition coefficient (Wildman–Crippen LogP) is 3.61. The fourth-order valence-electron chi connectivity index (χ4n) is 3.77. The minimum absolute atomic E-state index is 0.00389. The minimum atomic E-state index is 0.00389. The zero-order chi connectivity index (χ0) is 18.1. The van der Waals surface area contributed by atoms with E-state index in [2.05, 4.69) is 50.0 Å². The van der Waals surface area contributed by atoms with Crippen LogP contribution in [0.2, 0.25) is 0 Å². The maximum absolute atomic E-state index is 12.7. The number of benzene rings is 1. The predicted molar refractivity (Wildman–Crippen MR) is 100.0 cm³/mol. The lowest BCUT2D eigenvalue weighted by Gasteiger charge is -2.31. The summed E-state index contributed by atoms with van der Waals surface area (Å²) in [4.78, 5) is 16.6. The summed E-state index contributed by atoms with van der Waals surface area (Å²) in [7, 11) is 5.97. The average molecular weight is 332 g/mol. The van der Waals surface area contributed by atoms with Crippen LogP contribution in [-0.4, -0.2) is 50.1 Å². The van der Waals surface area contributed by atoms with Crippen LogP contribution >= 0.6 is 0 Å². The summed E-state index contributed by atoms with van der Waals surface area (Å²) in [5.74, 6) is 0.534. The van der Waals surface area contributed by atoms with Gasteiger partial charge in [0.15, 0.2) is 0 Å². The van der Waals surface area contributed by atoms with E-state index >= 15 is 0 Å². The molecule has 0 bridgehead atoms. The van der Waals surface area contributed by atoms with E-state index in [-0.39, 0.29) is 12.1 Å². The second-order valence-corrected chi connectivity index (χ2v) is 8.48. The number of amides is 2. The van der Waals surface area contributed by atoms with Crippen molar-refractivity contribution in [3.63, 3.8) is 0 Å². The van der Waals surface area contributed by atoms with E-state index in [4.69, 9.17) is 0 Å². The molecule has 0 spiro atoms. The van der Waals surface area contributed by atoms with Crippen LogP contribution in [0.3, 0.4) is 0 Å². The van der Waals surface area contributed by atoms with Gasteiger partial charge in [-0.15, -0.1) is 0 Å². The number of urea groups is 1. The molecule has 1 atom stereocenters. The third kappa shape index (κ3) is 3.59. The van der Waals surface area contributed by atoms with Gasteiger partial charge in [0.05, 0.1) is 6.04 Å². The van der Waals surface area contributed by atoms with Crippen molar-refractivity contribution in [1.82, 2.24) is 15.1 Å². The summed E-state index contributed by atoms with van der Waals surface area (Å²) >= 11 is 0. The van der Waals surface area contributed by atoms with Gasteiger partial charge in [0.25, 0.3) is 0 Å². The molecule has 0 aromatic heterocycles. The standard InChI is InChI=1S/C20H33N3O/c1-19(2)17(20(19,3)4)13-21-18(24)23(7)16(14-22(5)6)15-11-9-8-10-12-15/h8-12,16-17H,13-14H2,1-7H3,(H,21,24). The van der Waals surface area contributed by atoms with Gasteiger partial charge in [-0.2, -0.15) is 0 Å². The lowest BCUT2D eigenvalue weighted by atomic mass is 10.0. The van der Waals surface area contributed by atoms with E-state index < -0.39 is 0 Å². The Hall–Kier alpha value is -1.55. The summed E-state index contributed by atoms with van der Waals surface area (Å²) in [6.07, 6.45) is 0. The number of likely N-dealkylation sites (N-methyl/N-ethyl adjacent to an activating group) is 2. The van der Waals surface area contributed by atoms with E-state index in [1.54, 1.807) is 0 Å². The summed E-state index contributed by atoms with van der Waals surface area (Å²) in [6, 6.07) is 10.3. The van der Waals surface area contributed by atoms with Gasteiger partial charge in [0.1, 0.15) is 0 Å². The second kappa shape index (κ2) is 6.75. The Kier molecular flexibility index (Phi) is 5.28. The molecule has 0 aliphatic heterocycles. The first-order chi connectivity index (χ1) is 11.1. The van der Waals surface area contributed by atoms with Crippen molar-refractivity contribution in [3.05, 3.63) is 35.9 Å². The third-order valence-corrected chi connectivity index (χ3v) is 6.29. The van der Waals surface area contributed by atoms with Crippen molar-refractivity contribution in [2.24, 2.45) is 16.7 Å². The number of hydrogen-bond donors (Lipinski definition) is 1. The Bertz CT molecular complexity index is 552. The maximum atomic E-state index is 12.7. The van der Waals surface area contributed by atoms with E-state index in [9.17, 15) is 4.79 Å². The molecule has 1 N–H and O–H groups in total. The lowest BCUT2D eigenvalue weighted by molar-refractivity contribution is 0.175. The van der Waals surface area contributed by atoms with Crippen molar-refractivity contribution in [2.75, 3.05) is 34.2 Å². The van der Waals surface area contributed by atoms with Crippen molar-refractivity contribution >= 4 is 6.03 Å². The fourth-order valence-corrected chi connectivity index (χ4v) is 3.77. The van der Waals surface area contributed by atoms with E-state index in [1.165, 1.54) is 0 Å². The first kappa shape index (κ1) is 18.8. The number of carbonyl (C=O) groups excluding carboxylic acids is 1. The number of hydrogen-bond acceptors (Lipinski definition) is 2. The van der Waals surface area contributed by atoms with E-state index in [0.29, 0.717) is 16.7 Å². The minimum Gasteiger partial charge on any atom is -0.338 e. The molecule has 134 valence electrons. The highest BCUT2D eigenvalue weighted by Gasteiger charge is 2.64. The number of rotatable bonds is 6. The highest BCUT2D eigenvalue weighted by atomic mass is 16.2. The number of nitrogens with zero attached hydrogens (tertiary/aromatic N) is 2. The normalized spacial score (nSPS) is 19.8. The van der Waals surface area contributed by atoms with Gasteiger partial charge < -0.3 is 15.1 Å². The van der Waals surface area contributed by atoms with Crippen LogP contribution in [0.4, 0.5) is 4.79 Å². The summed E-state index contributed by atoms with van der Waals surface area (Å²) < 4.78 is 0. The Labute approximate surface area is 147 Å². The SMILES string of the molecule is CN(C)CC(c1ccccc1)N(C)C(=O)NCC1C(C)(C)C1(C)C. The lowest BCUT2D eigenvalue weighted by Crippen LogP contribution is -2.43. The van der Waals surface area contributed by atoms with Gasteiger partial charge in [0, 0.05) is 20.1 Å². The molecule has 4 heteroatoms. The van der Waals surface area contributed by atoms with Crippen LogP contribution < -0.4 is 5.32 Å². The Morgan fingerprint density at radius 1 is 1.08 bits per heavy atom. The molecule has 0 radical (unpaired) electrons. The average Bonchev–Trinajstić information content (AvgIpc) is 2.91. The molecular formula is C20H33N3O. The van der Waals surface area contributed by atoms with Crippen LogP contribution in [0.1, 0.15) is 39.3 Å². The second-order valence-electron chi connectivity index (χ2n) is 8.48. The third-order valence-electron chi connectivity index (χ3n) is 6.29. The van der Waals surface area contributed by atoms with Crippen LogP contribution in [0.15, 0.2) is 30.3 Å². The maximum Gasteiger partial charge on any atom is 0.317 e. The molecule has 0 heterocycles. The molecular weight excluding hydrogens is 298 g/mol. The topological polar surface area (TPSA) is 35.6 Å². The zero-order valence-corrected chi connectivity index (χ0v) is 16.3. The van der Waals surface area contributed by atoms with Gasteiger partial charge in [0.2, 0.25) is 0 Å². The molecule has 1 fully saturated rings. The van der Waals surface area contributed by atoms with E-state index in [1.807, 2.05) is 44.2 Å². The molecule has 2 amide bonds. The highest BCUT2D eigenvalue weighted by molar-refractivity contribution is 5.74. The molecule has 4 nitrogen and oxygen atoms in total. The summed E-state index contributed by atoms with van der Waals surface area (Å²) in [6.45, 7) is 10.7. The Balaban J connectivity index is 2.01. The molecule has 1 aliphatic rings. The first-order valence-corrected chi connectivity index (χ1v) is 8.79. The van der Waals surface area contributed by atoms with Crippen molar-refractivity contribution in [2.45, 2.75) is 33.7 Å². The largest absolute Gasteiger partial charge is 0.338 e. The van der Waals surface area contributed by atoms with Crippen molar-refractivity contribution in [3.8, 4) is 0 Å². The molecule has 1 aromatic carbocycles. The number of nitrogens with one attached hydrogen (secondary N) is 1. The van der Waals surface area contributed by atoms with Crippen molar-refractivity contribution < 1.29 is 4.79 Å². The van der Waals surface area contributed by atoms with E-state index in [0.717, 1.165) is 18.7 Å². The van der Waals surface area contributed by atoms with Crippen LogP contribution in [0.25, 0.3) is 0 Å². The fraction of sp³-hybridized carbons (Fsp3) is 0.650. The monoisotopic (exact) mass is 331 g/mol. The smallest absolute Gasteiger partial charge is 0.317 e. The Morgan fingerprint density at radius 2 is 1.62 bits per heavy atom. The van der Waals surface area contributed by atoms with Gasteiger partial charge >= 0.3 is 6.03 Å². The number of carbonyl (C=O) groups is 1. The van der Waals surface area contributed by atoms with Crippen LogP contribution in [-0.2, 0) is 0 Å². The molecule has 1 unspecified atom stereocenters. The molecule has 0 saturated heterocycles. The Morgan fingerprint density at radius 3 is 2.08 bits per heavy atom. The van der Waals surface area contributed by atoms with Gasteiger partial charge in [-0.3, -0.25) is 0 Å².